The number of aryl methyl sites for hydroxylation is 2. The Kier molecular flexibility index (Phi) is 4.88. The van der Waals surface area contributed by atoms with E-state index in [9.17, 15) is 30.4 Å². The van der Waals surface area contributed by atoms with Crippen LogP contribution in [0.2, 0.25) is 0 Å². The fourth-order valence-electron chi connectivity index (χ4n) is 2.73. The van der Waals surface area contributed by atoms with Crippen LogP contribution in [0.25, 0.3) is 22.7 Å². The van der Waals surface area contributed by atoms with Gasteiger partial charge in [0.05, 0.1) is 16.2 Å². The minimum absolute atomic E-state index is 0.0213. The summed E-state index contributed by atoms with van der Waals surface area (Å²) in [5.74, 6) is -5.81. The van der Waals surface area contributed by atoms with Crippen LogP contribution in [0.1, 0.15) is 18.1 Å². The number of rotatable bonds is 4. The highest BCUT2D eigenvalue weighted by Gasteiger charge is 2.59. The number of hydrogen-bond donors (Lipinski definition) is 0. The lowest BCUT2D eigenvalue weighted by Gasteiger charge is -2.20. The molecule has 3 aromatic rings. The largest absolute Gasteiger partial charge is 0.458 e. The molecule has 0 radical (unpaired) electrons. The molecule has 29 heavy (non-hydrogen) atoms. The Balaban J connectivity index is 2.32. The lowest BCUT2D eigenvalue weighted by Crippen LogP contribution is -2.34. The van der Waals surface area contributed by atoms with Crippen molar-refractivity contribution < 1.29 is 30.4 Å². The normalized spacial score (nSPS) is 13.2. The van der Waals surface area contributed by atoms with Crippen LogP contribution in [-0.4, -0.2) is 39.9 Å². The zero-order chi connectivity index (χ0) is 21.8. The van der Waals surface area contributed by atoms with E-state index in [4.69, 9.17) is 0 Å². The van der Waals surface area contributed by atoms with Crippen LogP contribution in [0.3, 0.4) is 0 Å². The van der Waals surface area contributed by atoms with Gasteiger partial charge in [0.2, 0.25) is 0 Å². The van der Waals surface area contributed by atoms with Crippen molar-refractivity contribution in [1.29, 1.82) is 0 Å². The van der Waals surface area contributed by atoms with Gasteiger partial charge in [0.15, 0.2) is 21.3 Å². The molecular weight excluding hydrogens is 419 g/mol. The van der Waals surface area contributed by atoms with E-state index < -0.39 is 38.1 Å². The highest BCUT2D eigenvalue weighted by molar-refractivity contribution is 7.91. The molecule has 6 nitrogen and oxygen atoms in total. The third kappa shape index (κ3) is 3.45. The van der Waals surface area contributed by atoms with Crippen LogP contribution >= 0.6 is 0 Å². The fraction of sp³-hybridized carbons (Fsp3) is 0.353. The van der Waals surface area contributed by atoms with Crippen LogP contribution < -0.4 is 0 Å². The van der Waals surface area contributed by atoms with E-state index in [2.05, 4.69) is 15.0 Å². The number of alkyl halides is 5. The summed E-state index contributed by atoms with van der Waals surface area (Å²) in [4.78, 5) is 11.3. The predicted octanol–water partition coefficient (Wildman–Crippen LogP) is 3.79. The molecule has 156 valence electrons. The lowest BCUT2D eigenvalue weighted by molar-refractivity contribution is -0.289. The quantitative estimate of drug-likeness (QED) is 0.584. The van der Waals surface area contributed by atoms with Crippen LogP contribution in [0, 0.1) is 6.92 Å². The Morgan fingerprint density at radius 1 is 1.07 bits per heavy atom. The molecule has 0 atom stereocenters. The summed E-state index contributed by atoms with van der Waals surface area (Å²) >= 11 is 0. The van der Waals surface area contributed by atoms with Gasteiger partial charge in [-0.1, -0.05) is 6.92 Å². The van der Waals surface area contributed by atoms with E-state index in [0.29, 0.717) is 23.4 Å². The second-order valence-corrected chi connectivity index (χ2v) is 8.64. The van der Waals surface area contributed by atoms with E-state index in [1.54, 1.807) is 19.2 Å². The van der Waals surface area contributed by atoms with Crippen molar-refractivity contribution in [1.82, 2.24) is 19.5 Å². The van der Waals surface area contributed by atoms with Gasteiger partial charge in [-0.05, 0) is 24.6 Å². The number of pyridine rings is 2. The first-order valence-electron chi connectivity index (χ1n) is 8.27. The lowest BCUT2D eigenvalue weighted by atomic mass is 10.1. The molecule has 0 unspecified atom stereocenters. The second-order valence-electron chi connectivity index (χ2n) is 6.40. The molecular formula is C17H15F5N4O2S. The van der Waals surface area contributed by atoms with Crippen LogP contribution in [0.5, 0.6) is 0 Å². The summed E-state index contributed by atoms with van der Waals surface area (Å²) in [6, 6.07) is 1.98. The molecule has 3 rings (SSSR count). The minimum Gasteiger partial charge on any atom is -0.310 e. The molecule has 0 aliphatic carbocycles. The number of imidazole rings is 1. The zero-order valence-electron chi connectivity index (χ0n) is 15.4. The molecule has 0 spiro atoms. The summed E-state index contributed by atoms with van der Waals surface area (Å²) in [5, 5.41) is 0. The van der Waals surface area contributed by atoms with Gasteiger partial charge in [0.1, 0.15) is 11.2 Å². The van der Waals surface area contributed by atoms with E-state index in [1.165, 1.54) is 18.5 Å². The average molecular weight is 434 g/mol. The maximum Gasteiger partial charge on any atom is 0.458 e. The number of sulfone groups is 1. The monoisotopic (exact) mass is 434 g/mol. The van der Waals surface area contributed by atoms with E-state index in [1.807, 2.05) is 0 Å². The number of nitrogens with zero attached hydrogens (tertiary/aromatic N) is 4. The first-order valence-corrected chi connectivity index (χ1v) is 9.92. The molecule has 3 heterocycles. The molecule has 0 aliphatic rings. The van der Waals surface area contributed by atoms with Gasteiger partial charge >= 0.3 is 12.1 Å². The first kappa shape index (κ1) is 21.1. The summed E-state index contributed by atoms with van der Waals surface area (Å²) in [5.41, 5.74) is -0.345. The summed E-state index contributed by atoms with van der Waals surface area (Å²) in [6.45, 7) is 3.01. The second kappa shape index (κ2) is 6.71. The van der Waals surface area contributed by atoms with Crippen molar-refractivity contribution in [3.05, 3.63) is 35.7 Å². The number of hydrogen-bond acceptors (Lipinski definition) is 5. The van der Waals surface area contributed by atoms with Crippen molar-refractivity contribution in [3.8, 4) is 11.5 Å². The number of fused-ring (bicyclic) bond motifs is 1. The Bertz CT molecular complexity index is 1200. The van der Waals surface area contributed by atoms with Crippen LogP contribution in [-0.2, 0) is 22.8 Å². The minimum atomic E-state index is -5.90. The highest BCUT2D eigenvalue weighted by atomic mass is 32.2. The zero-order valence-corrected chi connectivity index (χ0v) is 16.2. The van der Waals surface area contributed by atoms with Crippen molar-refractivity contribution in [2.24, 2.45) is 7.05 Å². The van der Waals surface area contributed by atoms with E-state index >= 15 is 0 Å². The maximum absolute atomic E-state index is 13.8. The topological polar surface area (TPSA) is 77.7 Å². The molecule has 0 amide bonds. The van der Waals surface area contributed by atoms with Gasteiger partial charge in [0, 0.05) is 19.4 Å². The highest BCUT2D eigenvalue weighted by Crippen LogP contribution is 2.44. The average Bonchev–Trinajstić information content (AvgIpc) is 2.96. The van der Waals surface area contributed by atoms with Gasteiger partial charge in [0.25, 0.3) is 0 Å². The summed E-state index contributed by atoms with van der Waals surface area (Å²) in [6.07, 6.45) is -4.03. The smallest absolute Gasteiger partial charge is 0.310 e. The molecule has 3 aromatic heterocycles. The molecule has 0 bridgehead atoms. The Morgan fingerprint density at radius 2 is 1.72 bits per heavy atom. The van der Waals surface area contributed by atoms with Gasteiger partial charge in [-0.25, -0.2) is 18.4 Å². The van der Waals surface area contributed by atoms with Crippen molar-refractivity contribution >= 4 is 21.0 Å². The fourth-order valence-corrected chi connectivity index (χ4v) is 3.79. The van der Waals surface area contributed by atoms with Crippen molar-refractivity contribution in [2.75, 3.05) is 5.75 Å². The predicted molar refractivity (Wildman–Crippen MR) is 94.2 cm³/mol. The summed E-state index contributed by atoms with van der Waals surface area (Å²) < 4.78 is 92.1. The maximum atomic E-state index is 13.8. The van der Waals surface area contributed by atoms with Crippen molar-refractivity contribution in [3.63, 3.8) is 0 Å². The number of halogens is 5. The molecule has 0 aromatic carbocycles. The van der Waals surface area contributed by atoms with Gasteiger partial charge in [-0.2, -0.15) is 22.0 Å². The molecule has 0 N–H and O–H groups in total. The molecule has 0 aliphatic heterocycles. The van der Waals surface area contributed by atoms with E-state index in [0.717, 1.165) is 5.56 Å². The molecule has 0 saturated heterocycles. The first-order chi connectivity index (χ1) is 13.3. The Labute approximate surface area is 162 Å². The Morgan fingerprint density at radius 3 is 2.31 bits per heavy atom. The van der Waals surface area contributed by atoms with Crippen molar-refractivity contribution in [2.45, 2.75) is 30.8 Å². The number of aromatic nitrogens is 4. The third-order valence-electron chi connectivity index (χ3n) is 4.34. The third-order valence-corrected chi connectivity index (χ3v) is 6.09. The van der Waals surface area contributed by atoms with Crippen LogP contribution in [0.4, 0.5) is 22.0 Å². The van der Waals surface area contributed by atoms with Gasteiger partial charge < -0.3 is 4.57 Å². The van der Waals surface area contributed by atoms with E-state index in [-0.39, 0.29) is 11.5 Å². The summed E-state index contributed by atoms with van der Waals surface area (Å²) in [7, 11) is -2.70. The molecule has 0 fully saturated rings. The van der Waals surface area contributed by atoms with Gasteiger partial charge in [-0.15, -0.1) is 0 Å². The molecule has 0 saturated carbocycles. The Hall–Kier alpha value is -2.63. The van der Waals surface area contributed by atoms with Gasteiger partial charge in [-0.3, -0.25) is 4.98 Å². The molecule has 12 heteroatoms. The SMILES string of the molecule is CCS(=O)(=O)c1cc(C(F)(F)C(F)(F)F)cnc1-c1nc2cc(C)cnc2n1C. The standard InChI is InChI=1S/C17H15F5N4O2S/c1-4-29(27,28)12-6-10(16(18,19)17(20,21)22)8-23-13(12)15-25-11-5-9(2)7-24-14(11)26(15)3/h5-8H,4H2,1-3H3. The van der Waals surface area contributed by atoms with Crippen LogP contribution in [0.15, 0.2) is 29.4 Å².